The molecule has 5 fully saturated rings. The van der Waals surface area contributed by atoms with Gasteiger partial charge in [0, 0.05) is 5.41 Å². The van der Waals surface area contributed by atoms with Crippen LogP contribution in [0.25, 0.3) is 0 Å². The molecule has 2 N–H and O–H groups in total. The summed E-state index contributed by atoms with van der Waals surface area (Å²) >= 11 is 0. The fourth-order valence-corrected chi connectivity index (χ4v) is 13.8. The summed E-state index contributed by atoms with van der Waals surface area (Å²) in [5, 5.41) is 9.42. The van der Waals surface area contributed by atoms with Gasteiger partial charge in [-0.25, -0.2) is 9.59 Å². The van der Waals surface area contributed by atoms with Crippen molar-refractivity contribution in [2.45, 2.75) is 118 Å². The number of ether oxygens (including phenoxy) is 2. The molecule has 5 unspecified atom stereocenters. The van der Waals surface area contributed by atoms with Gasteiger partial charge in [-0.3, -0.25) is 9.59 Å². The van der Waals surface area contributed by atoms with Gasteiger partial charge in [0.2, 0.25) is 0 Å². The average Bonchev–Trinajstić information content (AvgIpc) is 3.57. The molecule has 0 spiro atoms. The molecule has 0 heterocycles. The maximum absolute atomic E-state index is 14.4. The summed E-state index contributed by atoms with van der Waals surface area (Å²) in [7, 11) is 0. The van der Waals surface area contributed by atoms with E-state index in [-0.39, 0.29) is 57.3 Å². The fourth-order valence-electron chi connectivity index (χ4n) is 13.8. The number of hydrogen-bond donors (Lipinski definition) is 2. The number of carboxylic acids is 1. The monoisotopic (exact) mass is 767 g/mol. The van der Waals surface area contributed by atoms with Crippen LogP contribution in [-0.4, -0.2) is 41.6 Å². The zero-order chi connectivity index (χ0) is 40.3. The number of esters is 2. The fraction of sp³-hybridized carbons (Fsp3) is 0.617. The van der Waals surface area contributed by atoms with E-state index in [0.29, 0.717) is 30.3 Å². The van der Waals surface area contributed by atoms with E-state index in [0.717, 1.165) is 69.8 Å². The number of hydroxylamine groups is 1. The van der Waals surface area contributed by atoms with E-state index < -0.39 is 23.3 Å². The van der Waals surface area contributed by atoms with Crippen molar-refractivity contribution in [2.75, 3.05) is 6.54 Å². The quantitative estimate of drug-likeness (QED) is 0.105. The van der Waals surface area contributed by atoms with Gasteiger partial charge in [0.05, 0.1) is 16.5 Å². The summed E-state index contributed by atoms with van der Waals surface area (Å²) in [4.78, 5) is 56.7. The van der Waals surface area contributed by atoms with Crippen molar-refractivity contribution in [1.29, 1.82) is 0 Å². The molecule has 0 saturated heterocycles. The van der Waals surface area contributed by atoms with Gasteiger partial charge in [-0.2, -0.15) is 0 Å². The Bertz CT molecular complexity index is 1870. The Balaban J connectivity index is 1.04. The molecule has 0 aromatic heterocycles. The number of hydrogen-bond acceptors (Lipinski definition) is 8. The Labute approximate surface area is 332 Å². The van der Waals surface area contributed by atoms with Crippen molar-refractivity contribution in [3.63, 3.8) is 0 Å². The summed E-state index contributed by atoms with van der Waals surface area (Å²) in [5.74, 6) is -0.829. The van der Waals surface area contributed by atoms with E-state index in [1.54, 1.807) is 6.07 Å². The number of aromatic carboxylic acids is 1. The third-order valence-corrected chi connectivity index (χ3v) is 16.7. The minimum Gasteiger partial charge on any atom is -0.478 e. The smallest absolute Gasteiger partial charge is 0.357 e. The number of carbonyl (C=O) groups is 4. The van der Waals surface area contributed by atoms with Crippen LogP contribution in [0.2, 0.25) is 0 Å². The Morgan fingerprint density at radius 3 is 2.18 bits per heavy atom. The maximum atomic E-state index is 14.4. The minimum atomic E-state index is -1.24. The number of carbonyl (C=O) groups excluding carboxylic acids is 3. The van der Waals surface area contributed by atoms with Gasteiger partial charge in [-0.05, 0) is 135 Å². The van der Waals surface area contributed by atoms with Crippen LogP contribution in [0.4, 0.5) is 0 Å². The Morgan fingerprint density at radius 1 is 0.786 bits per heavy atom. The Hall–Kier alpha value is -3.98. The van der Waals surface area contributed by atoms with E-state index in [9.17, 15) is 24.3 Å². The molecule has 0 bridgehead atoms. The van der Waals surface area contributed by atoms with Crippen molar-refractivity contribution in [3.05, 3.63) is 83.4 Å². The van der Waals surface area contributed by atoms with Gasteiger partial charge in [-0.15, -0.1) is 5.48 Å². The molecular weight excluding hydrogens is 707 g/mol. The van der Waals surface area contributed by atoms with Gasteiger partial charge >= 0.3 is 23.9 Å². The Morgan fingerprint density at radius 2 is 1.48 bits per heavy atom. The molecule has 0 aliphatic heterocycles. The normalized spacial score (nSPS) is 36.8. The predicted octanol–water partition coefficient (Wildman–Crippen LogP) is 9.36. The molecule has 0 amide bonds. The summed E-state index contributed by atoms with van der Waals surface area (Å²) in [5.41, 5.74) is 3.82. The first-order valence-electron chi connectivity index (χ1n) is 20.8. The second-order valence-electron chi connectivity index (χ2n) is 19.3. The first-order chi connectivity index (χ1) is 26.5. The van der Waals surface area contributed by atoms with Crippen LogP contribution in [0, 0.1) is 56.7 Å². The topological polar surface area (TPSA) is 128 Å². The largest absolute Gasteiger partial charge is 0.478 e. The van der Waals surface area contributed by atoms with E-state index in [1.165, 1.54) is 23.8 Å². The second kappa shape index (κ2) is 14.8. The molecule has 5 aliphatic carbocycles. The number of allylic oxidation sites excluding steroid dienone is 1. The van der Waals surface area contributed by atoms with Crippen LogP contribution in [0.1, 0.15) is 132 Å². The number of carboxylic acid groups (broad SMARTS) is 1. The van der Waals surface area contributed by atoms with E-state index in [1.807, 2.05) is 30.3 Å². The molecule has 5 aliphatic rings. The van der Waals surface area contributed by atoms with E-state index in [4.69, 9.17) is 14.3 Å². The van der Waals surface area contributed by atoms with Gasteiger partial charge in [0.15, 0.2) is 0 Å². The molecule has 9 heteroatoms. The van der Waals surface area contributed by atoms with Gasteiger partial charge in [0.25, 0.3) is 0 Å². The van der Waals surface area contributed by atoms with Crippen molar-refractivity contribution >= 4 is 23.9 Å². The number of rotatable bonds is 10. The van der Waals surface area contributed by atoms with Crippen LogP contribution in [-0.2, 0) is 30.5 Å². The molecule has 302 valence electrons. The second-order valence-corrected chi connectivity index (χ2v) is 19.3. The lowest BCUT2D eigenvalue weighted by molar-refractivity contribution is -0.251. The van der Waals surface area contributed by atoms with Crippen molar-refractivity contribution in [2.24, 2.45) is 56.7 Å². The maximum Gasteiger partial charge on any atom is 0.357 e. The number of nitrogens with one attached hydrogen (secondary N) is 1. The highest BCUT2D eigenvalue weighted by atomic mass is 16.7. The lowest BCUT2D eigenvalue weighted by Crippen LogP contribution is -2.67. The highest BCUT2D eigenvalue weighted by molar-refractivity contribution is 6.02. The first kappa shape index (κ1) is 40.2. The summed E-state index contributed by atoms with van der Waals surface area (Å²) in [6.07, 6.45) is 9.55. The molecule has 5 saturated carbocycles. The van der Waals surface area contributed by atoms with Crippen LogP contribution in [0.5, 0.6) is 0 Å². The van der Waals surface area contributed by atoms with E-state index >= 15 is 0 Å². The molecule has 9 nitrogen and oxygen atoms in total. The predicted molar refractivity (Wildman–Crippen MR) is 212 cm³/mol. The molecule has 7 rings (SSSR count). The lowest BCUT2D eigenvalue weighted by atomic mass is 9.32. The lowest BCUT2D eigenvalue weighted by Gasteiger charge is -2.72. The number of benzene rings is 2. The van der Waals surface area contributed by atoms with Crippen LogP contribution in [0.3, 0.4) is 0 Å². The SMILES string of the molecule is C=C(C)C1CC[C@]2(C(=O)OCc3ccccc3)CC[C@]3(C)C(CCC4[C@@]5(C)CC[C@H](OC(=O)CNOC(=O)c6ccccc6C(=O)O)C(C)(C)C5CC[C@]43C)C12. The van der Waals surface area contributed by atoms with Crippen molar-refractivity contribution in [1.82, 2.24) is 5.48 Å². The molecule has 56 heavy (non-hydrogen) atoms. The summed E-state index contributed by atoms with van der Waals surface area (Å²) in [6, 6.07) is 15.8. The minimum absolute atomic E-state index is 0.00778. The van der Waals surface area contributed by atoms with Crippen molar-refractivity contribution in [3.8, 4) is 0 Å². The molecule has 0 radical (unpaired) electrons. The zero-order valence-corrected chi connectivity index (χ0v) is 34.2. The highest BCUT2D eigenvalue weighted by Gasteiger charge is 2.72. The van der Waals surface area contributed by atoms with Crippen LogP contribution in [0.15, 0.2) is 66.7 Å². The van der Waals surface area contributed by atoms with E-state index in [2.05, 4.69) is 53.6 Å². The molecular formula is C47H61NO8. The van der Waals surface area contributed by atoms with Crippen LogP contribution < -0.4 is 5.48 Å². The zero-order valence-electron chi connectivity index (χ0n) is 34.2. The molecule has 2 aromatic carbocycles. The first-order valence-corrected chi connectivity index (χ1v) is 20.8. The third kappa shape index (κ3) is 6.40. The number of fused-ring (bicyclic) bond motifs is 7. The van der Waals surface area contributed by atoms with Gasteiger partial charge < -0.3 is 19.4 Å². The molecule has 2 aromatic rings. The standard InChI is InChI=1S/C47H61NO8/c1-29(2)31-19-24-47(42(53)54-28-30-13-9-8-10-14-30)26-25-45(6)34(39(31)47)17-18-36-44(5)22-21-37(43(3,4)35(44)20-23-46(36,45)7)55-38(49)27-48-56-41(52)33-16-12-11-15-32(33)40(50)51/h8-16,31,34-37,39,48H,1,17-28H2,2-7H3,(H,50,51)/t31?,34?,35?,36?,37-,39?,44-,45+,46+,47-/m0/s1. The highest BCUT2D eigenvalue weighted by Crippen LogP contribution is 2.77. The van der Waals surface area contributed by atoms with Crippen LogP contribution >= 0.6 is 0 Å². The molecule has 10 atom stereocenters. The summed E-state index contributed by atoms with van der Waals surface area (Å²) < 4.78 is 12.3. The van der Waals surface area contributed by atoms with Gasteiger partial charge in [0.1, 0.15) is 19.3 Å². The third-order valence-electron chi connectivity index (χ3n) is 16.7. The summed E-state index contributed by atoms with van der Waals surface area (Å²) in [6.45, 7) is 18.8. The van der Waals surface area contributed by atoms with Crippen molar-refractivity contribution < 1.29 is 38.6 Å². The van der Waals surface area contributed by atoms with Gasteiger partial charge in [-0.1, -0.05) is 89.2 Å². The Kier molecular flexibility index (Phi) is 10.6. The average molecular weight is 768 g/mol.